The van der Waals surface area contributed by atoms with Crippen LogP contribution in [0.15, 0.2) is 24.3 Å². The van der Waals surface area contributed by atoms with Gasteiger partial charge in [0.1, 0.15) is 5.75 Å². The molecule has 0 saturated heterocycles. The van der Waals surface area contributed by atoms with E-state index in [0.717, 1.165) is 0 Å². The van der Waals surface area contributed by atoms with E-state index < -0.39 is 63.6 Å². The molecule has 2 rings (SSSR count). The summed E-state index contributed by atoms with van der Waals surface area (Å²) in [5.41, 5.74) is -8.77. The number of aliphatic hydroxyl groups is 2. The van der Waals surface area contributed by atoms with Gasteiger partial charge in [-0.05, 0) is 5.39 Å². The number of hydrogen-bond donors (Lipinski definition) is 4. The standard InChI is InChI=1S/C15H8F9O4.Fm/c16-13(17,18)11(27)7-2-1-6-5(9(7)25)3-4-8(10(6)26)12(28,14(19,20)21)15(22,23)24;/h1-4,25-28H;/q-1;. The Morgan fingerprint density at radius 3 is 1.52 bits per heavy atom. The summed E-state index contributed by atoms with van der Waals surface area (Å²) in [6.07, 6.45) is -20.2. The van der Waals surface area contributed by atoms with E-state index in [0.29, 0.717) is 18.2 Å². The van der Waals surface area contributed by atoms with E-state index in [9.17, 15) is 54.8 Å². The SMILES string of the molecule is Oc1c([C-](O)C(F)(F)F)ccc2c(O)c(C(O)(C(F)(F)F)C(F)(F)F)ccc12.[Fm]. The Balaban J connectivity index is 0.00000420. The maximum atomic E-state index is 13.0. The molecule has 0 atom stereocenters. The Kier molecular flexibility index (Phi) is 5.28. The van der Waals surface area contributed by atoms with Crippen LogP contribution in [0.5, 0.6) is 11.5 Å². The Bertz CT molecular complexity index is 892. The average Bonchev–Trinajstić information content (AvgIpc) is 2.51. The molecule has 0 saturated carbocycles. The fourth-order valence-corrected chi connectivity index (χ4v) is 2.48. The van der Waals surface area contributed by atoms with Gasteiger partial charge in [0.2, 0.25) is 0 Å². The van der Waals surface area contributed by atoms with E-state index in [4.69, 9.17) is 5.11 Å². The minimum atomic E-state index is -6.32. The van der Waals surface area contributed by atoms with Crippen molar-refractivity contribution in [3.8, 4) is 11.5 Å². The van der Waals surface area contributed by atoms with Crippen molar-refractivity contribution in [3.05, 3.63) is 41.5 Å². The third-order valence-electron chi connectivity index (χ3n) is 3.88. The molecule has 168 valence electrons. The van der Waals surface area contributed by atoms with Gasteiger partial charge >= 0.3 is 18.5 Å². The molecule has 0 aromatic heterocycles. The third kappa shape index (κ3) is 3.38. The van der Waals surface area contributed by atoms with E-state index in [-0.39, 0.29) is 6.07 Å². The molecular formula is C15H8F9FmO4-. The molecule has 0 aliphatic heterocycles. The zero-order chi connectivity index (χ0) is 21.9. The van der Waals surface area contributed by atoms with Gasteiger partial charge in [0, 0.05) is 16.7 Å². The van der Waals surface area contributed by atoms with Gasteiger partial charge < -0.3 is 20.4 Å². The fourth-order valence-electron chi connectivity index (χ4n) is 2.48. The van der Waals surface area contributed by atoms with Crippen LogP contribution < -0.4 is 0 Å². The van der Waals surface area contributed by atoms with Crippen LogP contribution in [0.1, 0.15) is 11.1 Å². The van der Waals surface area contributed by atoms with E-state index in [1.807, 2.05) is 0 Å². The first-order valence-corrected chi connectivity index (χ1v) is 6.92. The molecule has 0 unspecified atom stereocenters. The second-order valence-corrected chi connectivity index (χ2v) is 5.57. The number of phenolic OH excluding ortho intramolecular Hbond substituents is 2. The summed E-state index contributed by atoms with van der Waals surface area (Å²) in [5, 5.41) is 36.4. The quantitative estimate of drug-likeness (QED) is 0.281. The van der Waals surface area contributed by atoms with Crippen molar-refractivity contribution in [2.24, 2.45) is 0 Å². The molecular weight excluding hydrogens is 672 g/mol. The van der Waals surface area contributed by atoms with Crippen molar-refractivity contribution in [1.29, 1.82) is 0 Å². The molecule has 0 spiro atoms. The zero-order valence-corrected chi connectivity index (χ0v) is 15.7. The Hall–Kier alpha value is -3.54. The topological polar surface area (TPSA) is 80.9 Å². The van der Waals surface area contributed by atoms with Crippen molar-refractivity contribution >= 4 is 10.8 Å². The predicted octanol–water partition coefficient (Wildman–Crippen LogP) is 4.38. The molecule has 4 nitrogen and oxygen atoms in total. The van der Waals surface area contributed by atoms with Crippen LogP contribution in [0.3, 0.4) is 0 Å². The number of hydrogen-bond acceptors (Lipinski definition) is 4. The van der Waals surface area contributed by atoms with E-state index in [1.165, 1.54) is 0 Å². The molecule has 29 heavy (non-hydrogen) atoms. The van der Waals surface area contributed by atoms with Crippen molar-refractivity contribution < 1.29 is 59.9 Å². The first-order chi connectivity index (χ1) is 12.4. The number of fused-ring (bicyclic) bond motifs is 1. The van der Waals surface area contributed by atoms with Gasteiger partial charge in [0.05, 0.1) is 6.10 Å². The summed E-state index contributed by atoms with van der Waals surface area (Å²) in [7, 11) is 0. The van der Waals surface area contributed by atoms with Gasteiger partial charge in [-0.25, -0.2) is 0 Å². The summed E-state index contributed by atoms with van der Waals surface area (Å²) in [4.78, 5) is 0. The van der Waals surface area contributed by atoms with E-state index in [2.05, 4.69) is 0 Å². The number of phenols is 2. The van der Waals surface area contributed by atoms with E-state index in [1.54, 1.807) is 0 Å². The third-order valence-corrected chi connectivity index (χ3v) is 3.88. The summed E-state index contributed by atoms with van der Waals surface area (Å²) < 4.78 is 115. The molecule has 0 fully saturated rings. The van der Waals surface area contributed by atoms with E-state index >= 15 is 0 Å². The van der Waals surface area contributed by atoms with Gasteiger partial charge in [-0.15, -0.1) is 11.6 Å². The number of halogens is 9. The molecule has 0 amide bonds. The minimum absolute atomic E-state index is 0. The van der Waals surface area contributed by atoms with Crippen LogP contribution in [-0.4, -0.2) is 39.0 Å². The van der Waals surface area contributed by atoms with Crippen molar-refractivity contribution in [2.45, 2.75) is 24.1 Å². The second-order valence-electron chi connectivity index (χ2n) is 5.57. The number of rotatable bonds is 2. The van der Waals surface area contributed by atoms with Gasteiger partial charge in [-0.1, -0.05) is 12.1 Å². The van der Waals surface area contributed by atoms with Gasteiger partial charge in [0.15, 0.2) is 0 Å². The molecule has 2 aromatic carbocycles. The molecule has 0 radical (unpaired) electrons. The van der Waals surface area contributed by atoms with Gasteiger partial charge in [-0.2, -0.15) is 45.6 Å². The second kappa shape index (κ2) is 6.51. The van der Waals surface area contributed by atoms with Crippen molar-refractivity contribution in [2.75, 3.05) is 0 Å². The Morgan fingerprint density at radius 1 is 0.690 bits per heavy atom. The Morgan fingerprint density at radius 2 is 1.10 bits per heavy atom. The van der Waals surface area contributed by atoms with Gasteiger partial charge in [-0.3, -0.25) is 0 Å². The maximum absolute atomic E-state index is 13.0. The van der Waals surface area contributed by atoms with Crippen LogP contribution in [0.4, 0.5) is 39.5 Å². The summed E-state index contributed by atoms with van der Waals surface area (Å²) in [6, 6.07) is 1.05. The zero-order valence-electron chi connectivity index (χ0n) is 13.3. The van der Waals surface area contributed by atoms with Crippen LogP contribution in [0, 0.1) is 6.10 Å². The normalized spacial score (nSPS) is 13.3. The molecule has 4 N–H and O–H groups in total. The molecule has 2 aromatic rings. The van der Waals surface area contributed by atoms with Crippen molar-refractivity contribution in [1.82, 2.24) is 0 Å². The molecule has 0 bridgehead atoms. The molecule has 0 heterocycles. The number of aliphatic hydroxyl groups excluding tert-OH is 1. The summed E-state index contributed by atoms with van der Waals surface area (Å²) in [5.74, 6) is -3.14. The van der Waals surface area contributed by atoms with Crippen LogP contribution in [-0.2, 0) is 5.60 Å². The summed E-state index contributed by atoms with van der Waals surface area (Å²) in [6.45, 7) is 0. The molecule has 14 heteroatoms. The predicted molar refractivity (Wildman–Crippen MR) is 73.6 cm³/mol. The first-order valence-electron chi connectivity index (χ1n) is 6.92. The number of benzene rings is 2. The van der Waals surface area contributed by atoms with Crippen LogP contribution in [0.25, 0.3) is 10.8 Å². The number of alkyl halides is 9. The minimum Gasteiger partial charge on any atom is -0.564 e. The summed E-state index contributed by atoms with van der Waals surface area (Å²) >= 11 is 0. The number of aromatic hydroxyl groups is 2. The monoisotopic (exact) mass is 680 g/mol. The van der Waals surface area contributed by atoms with Gasteiger partial charge in [0.25, 0.3) is 5.60 Å². The fraction of sp³-hybridized carbons (Fsp3) is 0.267. The maximum Gasteiger partial charge on any atom is 0.430 e. The first kappa shape index (κ1) is 23.5. The van der Waals surface area contributed by atoms with Crippen molar-refractivity contribution in [3.63, 3.8) is 0 Å². The molecule has 0 aliphatic carbocycles. The average molecular weight is 680 g/mol. The van der Waals surface area contributed by atoms with Crippen LogP contribution >= 0.6 is 0 Å². The Labute approximate surface area is 149 Å². The smallest absolute Gasteiger partial charge is 0.430 e. The largest absolute Gasteiger partial charge is 0.564 e. The molecule has 0 aliphatic rings. The van der Waals surface area contributed by atoms with Crippen LogP contribution in [0.2, 0.25) is 0 Å².